The van der Waals surface area contributed by atoms with Crippen molar-refractivity contribution < 1.29 is 118 Å². The van der Waals surface area contributed by atoms with Crippen molar-refractivity contribution in [1.82, 2.24) is 0 Å². The smallest absolute Gasteiger partial charge is 0.739 e. The summed E-state index contributed by atoms with van der Waals surface area (Å²) in [6.07, 6.45) is 0. The summed E-state index contributed by atoms with van der Waals surface area (Å²) < 4.78 is 0. The number of carboxylic acids is 1. The molecule has 6 nitrogen and oxygen atoms in total. The maximum absolute atomic E-state index is 10.3. The van der Waals surface area contributed by atoms with Crippen molar-refractivity contribution in [3.05, 3.63) is 10.4 Å². The van der Waals surface area contributed by atoms with Crippen LogP contribution >= 0.6 is 0 Å². The van der Waals surface area contributed by atoms with Crippen molar-refractivity contribution in [2.75, 3.05) is 0 Å². The maximum atomic E-state index is 10.3. The molecular weight excluding hydrogens is 218 g/mol. The second kappa shape index (κ2) is 8.27. The Bertz CT molecular complexity index is 182. The van der Waals surface area contributed by atoms with Crippen molar-refractivity contribution in [1.29, 1.82) is 0 Å². The summed E-state index contributed by atoms with van der Waals surface area (Å²) in [4.78, 5) is 9.61. The molecule has 0 fully saturated rings. The molecule has 0 aromatic rings. The minimum Gasteiger partial charge on any atom is -0.739 e. The Balaban J connectivity index is -0.000000405. The number of hydrogen-bond acceptors (Lipinski definition) is 5. The second-order valence-corrected chi connectivity index (χ2v) is 2.20. The van der Waals surface area contributed by atoms with Gasteiger partial charge in [-0.25, -0.2) is 0 Å². The van der Waals surface area contributed by atoms with Crippen molar-refractivity contribution in [3.8, 4) is 0 Å². The number of rotatable bonds is 2. The van der Waals surface area contributed by atoms with Gasteiger partial charge in [0.25, 0.3) is 0 Å². The van der Waals surface area contributed by atoms with Crippen LogP contribution in [0, 0.1) is 10.4 Å². The van der Waals surface area contributed by atoms with Crippen molar-refractivity contribution in [3.63, 3.8) is 0 Å². The largest absolute Gasteiger partial charge is 1.00 e. The molecule has 0 heterocycles. The third-order valence-electron chi connectivity index (χ3n) is 1.05. The summed E-state index contributed by atoms with van der Waals surface area (Å²) in [5.41, 5.74) is -1.89. The molecule has 0 amide bonds. The molecule has 0 saturated carbocycles. The minimum absolute atomic E-state index is 0. The first-order valence-corrected chi connectivity index (χ1v) is 2.45. The van der Waals surface area contributed by atoms with Gasteiger partial charge in [-0.05, 0) is 5.28 Å². The molecule has 0 aliphatic heterocycles. The Labute approximate surface area is 155 Å². The van der Waals surface area contributed by atoms with E-state index in [4.69, 9.17) is 0 Å². The standard InChI is InChI=1S/C4H8N2O4.2K/c1-4(2,3(7)8)6(10)5-9;;/h9H,1-2H3,(H,7,8);;/q;2*+1/p-2/b6-5-;;. The topological polar surface area (TPSA) is 102 Å². The van der Waals surface area contributed by atoms with E-state index in [0.717, 1.165) is 13.8 Å². The first-order valence-electron chi connectivity index (χ1n) is 2.45. The fraction of sp³-hybridized carbons (Fsp3) is 0.750. The van der Waals surface area contributed by atoms with Crippen LogP contribution in [0.2, 0.25) is 0 Å². The predicted octanol–water partition coefficient (Wildman–Crippen LogP) is -7.02. The Kier molecular flexibility index (Phi) is 13.4. The maximum Gasteiger partial charge on any atom is 1.00 e. The number of hydroxylamine groups is 1. The first-order chi connectivity index (χ1) is 4.42. The molecule has 0 aromatic carbocycles. The molecule has 8 heteroatoms. The molecule has 12 heavy (non-hydrogen) atoms. The van der Waals surface area contributed by atoms with Crippen LogP contribution in [-0.4, -0.2) is 16.4 Å². The number of hydrogen-bond donors (Lipinski definition) is 0. The van der Waals surface area contributed by atoms with Crippen LogP contribution in [0.3, 0.4) is 0 Å². The number of carbonyl (C=O) groups excluding carboxylic acids is 1. The van der Waals surface area contributed by atoms with Gasteiger partial charge in [0.05, 0.1) is 0 Å². The van der Waals surface area contributed by atoms with Gasteiger partial charge in [-0.1, -0.05) is 4.86 Å². The number of carboxylic acid groups (broad SMARTS) is 1. The van der Waals surface area contributed by atoms with Crippen LogP contribution in [0.4, 0.5) is 0 Å². The molecule has 0 spiro atoms. The van der Waals surface area contributed by atoms with Crippen LogP contribution in [0.1, 0.15) is 13.8 Å². The van der Waals surface area contributed by atoms with Gasteiger partial charge in [-0.3, -0.25) is 0 Å². The Morgan fingerprint density at radius 3 is 1.83 bits per heavy atom. The first kappa shape index (κ1) is 19.5. The summed E-state index contributed by atoms with van der Waals surface area (Å²) >= 11 is 0. The van der Waals surface area contributed by atoms with Gasteiger partial charge in [-0.2, -0.15) is 0 Å². The SMILES string of the molecule is CC(C)(C(=O)[O-])/[N+]([O-])=N/[O-].[K+].[K+]. The molecule has 0 saturated heterocycles. The Morgan fingerprint density at radius 1 is 1.42 bits per heavy atom. The third kappa shape index (κ3) is 5.63. The molecule has 0 aliphatic rings. The van der Waals surface area contributed by atoms with Crippen molar-refractivity contribution in [2.24, 2.45) is 5.28 Å². The molecule has 0 aliphatic carbocycles. The van der Waals surface area contributed by atoms with Crippen molar-refractivity contribution in [2.45, 2.75) is 19.4 Å². The molecule has 0 N–H and O–H groups in total. The van der Waals surface area contributed by atoms with Crippen LogP contribution < -0.4 is 108 Å². The van der Waals surface area contributed by atoms with Crippen LogP contribution in [-0.2, 0) is 4.79 Å². The van der Waals surface area contributed by atoms with E-state index in [9.17, 15) is 20.3 Å². The molecule has 0 aromatic heterocycles. The number of carbonyl (C=O) groups is 1. The zero-order valence-electron chi connectivity index (χ0n) is 7.53. The third-order valence-corrected chi connectivity index (χ3v) is 1.05. The van der Waals surface area contributed by atoms with E-state index in [0.29, 0.717) is 0 Å². The molecular formula is C4H6K2N2O4. The molecule has 0 atom stereocenters. The van der Waals surface area contributed by atoms with Gasteiger partial charge >= 0.3 is 103 Å². The van der Waals surface area contributed by atoms with E-state index in [1.54, 1.807) is 0 Å². The summed E-state index contributed by atoms with van der Waals surface area (Å²) in [7, 11) is 0. The van der Waals surface area contributed by atoms with E-state index in [1.165, 1.54) is 0 Å². The molecule has 0 radical (unpaired) electrons. The van der Waals surface area contributed by atoms with Crippen molar-refractivity contribution >= 4 is 5.97 Å². The van der Waals surface area contributed by atoms with Gasteiger partial charge in [0, 0.05) is 13.8 Å². The Morgan fingerprint density at radius 2 is 1.75 bits per heavy atom. The molecule has 0 unspecified atom stereocenters. The fourth-order valence-electron chi connectivity index (χ4n) is 0.180. The van der Waals surface area contributed by atoms with Crippen LogP contribution in [0.5, 0.6) is 0 Å². The van der Waals surface area contributed by atoms with Gasteiger partial charge in [0.15, 0.2) is 0 Å². The normalized spacial score (nSPS) is 11.0. The summed E-state index contributed by atoms with van der Waals surface area (Å²) in [5.74, 6) is -1.64. The van der Waals surface area contributed by atoms with E-state index in [-0.39, 0.29) is 103 Å². The molecule has 58 valence electrons. The monoisotopic (exact) mass is 224 g/mol. The van der Waals surface area contributed by atoms with Crippen LogP contribution in [0.25, 0.3) is 0 Å². The second-order valence-electron chi connectivity index (χ2n) is 2.20. The van der Waals surface area contributed by atoms with Gasteiger partial charge in [0.2, 0.25) is 5.54 Å². The molecule has 0 rings (SSSR count). The average Bonchev–Trinajstić information content (AvgIpc) is 1.86. The zero-order valence-corrected chi connectivity index (χ0v) is 13.8. The fourth-order valence-corrected chi connectivity index (χ4v) is 0.180. The minimum atomic E-state index is -1.89. The zero-order chi connectivity index (χ0) is 8.36. The number of aliphatic carboxylic acids is 1. The average molecular weight is 224 g/mol. The Hall–Kier alpha value is 1.94. The van der Waals surface area contributed by atoms with E-state index >= 15 is 0 Å². The predicted molar refractivity (Wildman–Crippen MR) is 28.5 cm³/mol. The summed E-state index contributed by atoms with van der Waals surface area (Å²) in [6.45, 7) is 2.05. The van der Waals surface area contributed by atoms with Gasteiger partial charge in [0.1, 0.15) is 5.97 Å². The summed E-state index contributed by atoms with van der Waals surface area (Å²) in [5, 5.41) is 31.8. The van der Waals surface area contributed by atoms with Gasteiger partial charge < -0.3 is 20.3 Å². The molecule has 0 bridgehead atoms. The van der Waals surface area contributed by atoms with E-state index in [1.807, 2.05) is 5.28 Å². The van der Waals surface area contributed by atoms with E-state index in [2.05, 4.69) is 0 Å². The summed E-state index contributed by atoms with van der Waals surface area (Å²) in [6, 6.07) is 0. The van der Waals surface area contributed by atoms with Gasteiger partial charge in [-0.15, -0.1) is 0 Å². The van der Waals surface area contributed by atoms with Crippen LogP contribution in [0.15, 0.2) is 5.28 Å². The number of nitrogens with zero attached hydrogens (tertiary/aromatic N) is 2. The van der Waals surface area contributed by atoms with E-state index < -0.39 is 16.4 Å². The quantitative estimate of drug-likeness (QED) is 0.201.